The van der Waals surface area contributed by atoms with Crippen LogP contribution in [0.1, 0.15) is 16.7 Å². The molecule has 0 unspecified atom stereocenters. The van der Waals surface area contributed by atoms with Crippen LogP contribution in [0, 0.1) is 17.1 Å². The number of benzene rings is 2. The first-order chi connectivity index (χ1) is 10.1. The predicted octanol–water partition coefficient (Wildman–Crippen LogP) is 3.34. The zero-order chi connectivity index (χ0) is 15.2. The second kappa shape index (κ2) is 6.87. The van der Waals surface area contributed by atoms with E-state index in [0.29, 0.717) is 11.3 Å². The van der Waals surface area contributed by atoms with Crippen LogP contribution in [0.3, 0.4) is 0 Å². The fourth-order valence-corrected chi connectivity index (χ4v) is 2.20. The van der Waals surface area contributed by atoms with Crippen LogP contribution in [-0.4, -0.2) is 19.1 Å². The highest BCUT2D eigenvalue weighted by atomic mass is 19.1. The minimum Gasteiger partial charge on any atom is -0.495 e. The Morgan fingerprint density at radius 3 is 2.33 bits per heavy atom. The van der Waals surface area contributed by atoms with E-state index in [1.54, 1.807) is 25.3 Å². The molecule has 108 valence electrons. The van der Waals surface area contributed by atoms with Crippen LogP contribution in [-0.2, 0) is 13.1 Å². The molecule has 0 radical (unpaired) electrons. The number of methoxy groups -OCH3 is 1. The Morgan fingerprint density at radius 2 is 1.71 bits per heavy atom. The van der Waals surface area contributed by atoms with Gasteiger partial charge in [0.15, 0.2) is 0 Å². The summed E-state index contributed by atoms with van der Waals surface area (Å²) in [7, 11) is 3.55. The van der Waals surface area contributed by atoms with Gasteiger partial charge in [-0.15, -0.1) is 0 Å². The SMILES string of the molecule is COc1cc(CN(C)Cc2ccc(F)cc2)ccc1C#N. The molecule has 0 aliphatic heterocycles. The first kappa shape index (κ1) is 15.0. The summed E-state index contributed by atoms with van der Waals surface area (Å²) in [4.78, 5) is 2.12. The first-order valence-electron chi connectivity index (χ1n) is 6.62. The minimum absolute atomic E-state index is 0.224. The average molecular weight is 284 g/mol. The monoisotopic (exact) mass is 284 g/mol. The van der Waals surface area contributed by atoms with Crippen LogP contribution >= 0.6 is 0 Å². The number of hydrogen-bond donors (Lipinski definition) is 0. The van der Waals surface area contributed by atoms with Gasteiger partial charge in [-0.05, 0) is 42.4 Å². The quantitative estimate of drug-likeness (QED) is 0.845. The molecular weight excluding hydrogens is 267 g/mol. The third-order valence-corrected chi connectivity index (χ3v) is 3.20. The molecule has 2 rings (SSSR count). The summed E-state index contributed by atoms with van der Waals surface area (Å²) in [6, 6.07) is 14.2. The van der Waals surface area contributed by atoms with Crippen molar-refractivity contribution in [2.24, 2.45) is 0 Å². The molecule has 0 aliphatic carbocycles. The Hall–Kier alpha value is -2.38. The molecule has 0 fully saturated rings. The van der Waals surface area contributed by atoms with Gasteiger partial charge in [0.25, 0.3) is 0 Å². The van der Waals surface area contributed by atoms with E-state index in [1.807, 2.05) is 19.2 Å². The third kappa shape index (κ3) is 4.04. The molecule has 3 nitrogen and oxygen atoms in total. The third-order valence-electron chi connectivity index (χ3n) is 3.20. The van der Waals surface area contributed by atoms with Gasteiger partial charge in [-0.25, -0.2) is 4.39 Å². The predicted molar refractivity (Wildman–Crippen MR) is 79.3 cm³/mol. The largest absolute Gasteiger partial charge is 0.495 e. The van der Waals surface area contributed by atoms with E-state index in [1.165, 1.54) is 12.1 Å². The number of ether oxygens (including phenoxy) is 1. The number of halogens is 1. The maximum atomic E-state index is 12.9. The second-order valence-corrected chi connectivity index (χ2v) is 4.95. The summed E-state index contributed by atoms with van der Waals surface area (Å²) in [6.45, 7) is 1.45. The first-order valence-corrected chi connectivity index (χ1v) is 6.62. The Kier molecular flexibility index (Phi) is 4.91. The molecule has 4 heteroatoms. The van der Waals surface area contributed by atoms with E-state index in [2.05, 4.69) is 11.0 Å². The molecule has 0 atom stereocenters. The van der Waals surface area contributed by atoms with Gasteiger partial charge in [0.05, 0.1) is 12.7 Å². The second-order valence-electron chi connectivity index (χ2n) is 4.95. The molecule has 0 bridgehead atoms. The van der Waals surface area contributed by atoms with Crippen molar-refractivity contribution in [3.8, 4) is 11.8 Å². The lowest BCUT2D eigenvalue weighted by Crippen LogP contribution is -2.17. The van der Waals surface area contributed by atoms with Crippen LogP contribution < -0.4 is 4.74 Å². The van der Waals surface area contributed by atoms with Crippen molar-refractivity contribution in [3.05, 3.63) is 65.0 Å². The van der Waals surface area contributed by atoms with Crippen LogP contribution in [0.2, 0.25) is 0 Å². The Labute approximate surface area is 124 Å². The topological polar surface area (TPSA) is 36.3 Å². The summed E-state index contributed by atoms with van der Waals surface area (Å²) in [5, 5.41) is 8.97. The highest BCUT2D eigenvalue weighted by Gasteiger charge is 2.06. The van der Waals surface area contributed by atoms with E-state index in [4.69, 9.17) is 10.00 Å². The van der Waals surface area contributed by atoms with Crippen molar-refractivity contribution in [2.75, 3.05) is 14.2 Å². The van der Waals surface area contributed by atoms with E-state index >= 15 is 0 Å². The molecule has 0 heterocycles. The lowest BCUT2D eigenvalue weighted by molar-refractivity contribution is 0.318. The van der Waals surface area contributed by atoms with Crippen molar-refractivity contribution < 1.29 is 9.13 Å². The highest BCUT2D eigenvalue weighted by molar-refractivity contribution is 5.45. The smallest absolute Gasteiger partial charge is 0.136 e. The molecule has 2 aromatic carbocycles. The van der Waals surface area contributed by atoms with Gasteiger partial charge in [0.2, 0.25) is 0 Å². The molecule has 21 heavy (non-hydrogen) atoms. The Bertz CT molecular complexity index is 647. The minimum atomic E-state index is -0.224. The van der Waals surface area contributed by atoms with E-state index in [9.17, 15) is 4.39 Å². The van der Waals surface area contributed by atoms with Gasteiger partial charge in [-0.3, -0.25) is 4.90 Å². The van der Waals surface area contributed by atoms with Crippen molar-refractivity contribution in [1.29, 1.82) is 5.26 Å². The molecule has 0 spiro atoms. The van der Waals surface area contributed by atoms with Crippen LogP contribution in [0.25, 0.3) is 0 Å². The van der Waals surface area contributed by atoms with Gasteiger partial charge in [0.1, 0.15) is 17.6 Å². The fraction of sp³-hybridized carbons (Fsp3) is 0.235. The number of nitriles is 1. The summed E-state index contributed by atoms with van der Waals surface area (Å²) >= 11 is 0. The van der Waals surface area contributed by atoms with Crippen LogP contribution in [0.5, 0.6) is 5.75 Å². The van der Waals surface area contributed by atoms with Gasteiger partial charge < -0.3 is 4.74 Å². The summed E-state index contributed by atoms with van der Waals surface area (Å²) in [6.07, 6.45) is 0. The zero-order valence-corrected chi connectivity index (χ0v) is 12.1. The van der Waals surface area contributed by atoms with Gasteiger partial charge >= 0.3 is 0 Å². The Balaban J connectivity index is 2.04. The molecule has 0 N–H and O–H groups in total. The molecule has 0 amide bonds. The van der Waals surface area contributed by atoms with E-state index in [0.717, 1.165) is 24.2 Å². The molecular formula is C17H17FN2O. The molecule has 0 saturated carbocycles. The van der Waals surface area contributed by atoms with Gasteiger partial charge in [0, 0.05) is 13.1 Å². The Morgan fingerprint density at radius 1 is 1.10 bits per heavy atom. The molecule has 0 aromatic heterocycles. The lowest BCUT2D eigenvalue weighted by Gasteiger charge is -2.17. The van der Waals surface area contributed by atoms with Crippen molar-refractivity contribution >= 4 is 0 Å². The number of hydrogen-bond acceptors (Lipinski definition) is 3. The average Bonchev–Trinajstić information content (AvgIpc) is 2.49. The number of rotatable bonds is 5. The van der Waals surface area contributed by atoms with E-state index < -0.39 is 0 Å². The zero-order valence-electron chi connectivity index (χ0n) is 12.1. The number of nitrogens with zero attached hydrogens (tertiary/aromatic N) is 2. The van der Waals surface area contributed by atoms with Crippen LogP contribution in [0.4, 0.5) is 4.39 Å². The summed E-state index contributed by atoms with van der Waals surface area (Å²) < 4.78 is 18.1. The highest BCUT2D eigenvalue weighted by Crippen LogP contribution is 2.20. The van der Waals surface area contributed by atoms with Gasteiger partial charge in [-0.2, -0.15) is 5.26 Å². The summed E-state index contributed by atoms with van der Waals surface area (Å²) in [5.41, 5.74) is 2.65. The van der Waals surface area contributed by atoms with Crippen LogP contribution in [0.15, 0.2) is 42.5 Å². The van der Waals surface area contributed by atoms with Crippen molar-refractivity contribution in [1.82, 2.24) is 4.90 Å². The standard InChI is InChI=1S/C17H17FN2O/c1-20(11-13-4-7-16(18)8-5-13)12-14-3-6-15(10-19)17(9-14)21-2/h3-9H,11-12H2,1-2H3. The van der Waals surface area contributed by atoms with Crippen molar-refractivity contribution in [2.45, 2.75) is 13.1 Å². The molecule has 0 saturated heterocycles. The van der Waals surface area contributed by atoms with Gasteiger partial charge in [-0.1, -0.05) is 18.2 Å². The fourth-order valence-electron chi connectivity index (χ4n) is 2.20. The summed E-state index contributed by atoms with van der Waals surface area (Å²) in [5.74, 6) is 0.364. The van der Waals surface area contributed by atoms with Crippen molar-refractivity contribution in [3.63, 3.8) is 0 Å². The molecule has 0 aliphatic rings. The van der Waals surface area contributed by atoms with E-state index in [-0.39, 0.29) is 5.82 Å². The molecule has 2 aromatic rings. The lowest BCUT2D eigenvalue weighted by atomic mass is 10.1. The maximum Gasteiger partial charge on any atom is 0.136 e. The normalized spacial score (nSPS) is 10.4. The maximum absolute atomic E-state index is 12.9.